The molecule has 1 aliphatic carbocycles. The van der Waals surface area contributed by atoms with Crippen LogP contribution >= 0.6 is 24.8 Å². The van der Waals surface area contributed by atoms with Crippen molar-refractivity contribution >= 4 is 24.8 Å². The highest BCUT2D eigenvalue weighted by molar-refractivity contribution is 5.85. The molecule has 1 aliphatic heterocycles. The SMILES string of the molecule is Cl.Cl.Fc1cc(F)c([C@H](C2CCCC2)N2CCNCC2)c(F)c1. The highest BCUT2D eigenvalue weighted by Crippen LogP contribution is 2.41. The first kappa shape index (κ1) is 20.6. The molecule has 0 unspecified atom stereocenters. The summed E-state index contributed by atoms with van der Waals surface area (Å²) in [5.41, 5.74) is 0.0604. The fraction of sp³-hybridized carbons (Fsp3) is 0.625. The van der Waals surface area contributed by atoms with E-state index in [1.54, 1.807) is 0 Å². The molecule has 132 valence electrons. The molecule has 1 heterocycles. The minimum atomic E-state index is -0.848. The molecule has 0 aromatic heterocycles. The van der Waals surface area contributed by atoms with E-state index in [-0.39, 0.29) is 42.3 Å². The maximum atomic E-state index is 14.2. The second-order valence-electron chi connectivity index (χ2n) is 6.06. The smallest absolute Gasteiger partial charge is 0.133 e. The van der Waals surface area contributed by atoms with Crippen LogP contribution in [0.4, 0.5) is 13.2 Å². The Hall–Kier alpha value is -0.490. The van der Waals surface area contributed by atoms with Gasteiger partial charge in [-0.2, -0.15) is 0 Å². The average molecular weight is 371 g/mol. The first-order valence-electron chi connectivity index (χ1n) is 7.76. The Morgan fingerprint density at radius 3 is 2.00 bits per heavy atom. The van der Waals surface area contributed by atoms with Crippen molar-refractivity contribution < 1.29 is 13.2 Å². The Morgan fingerprint density at radius 2 is 1.48 bits per heavy atom. The summed E-state index contributed by atoms with van der Waals surface area (Å²) in [6.07, 6.45) is 4.20. The van der Waals surface area contributed by atoms with Gasteiger partial charge in [0.25, 0.3) is 0 Å². The Kier molecular flexibility index (Phi) is 8.14. The number of nitrogens with one attached hydrogen (secondary N) is 1. The van der Waals surface area contributed by atoms with Gasteiger partial charge in [-0.15, -0.1) is 24.8 Å². The van der Waals surface area contributed by atoms with E-state index < -0.39 is 17.5 Å². The molecule has 0 amide bonds. The van der Waals surface area contributed by atoms with E-state index in [9.17, 15) is 13.2 Å². The van der Waals surface area contributed by atoms with E-state index in [1.165, 1.54) is 0 Å². The molecule has 2 fully saturated rings. The summed E-state index contributed by atoms with van der Waals surface area (Å²) in [5, 5.41) is 3.26. The minimum absolute atomic E-state index is 0. The summed E-state index contributed by atoms with van der Waals surface area (Å²) in [7, 11) is 0. The van der Waals surface area contributed by atoms with E-state index >= 15 is 0 Å². The average Bonchev–Trinajstić information content (AvgIpc) is 2.97. The first-order chi connectivity index (χ1) is 10.2. The van der Waals surface area contributed by atoms with E-state index in [4.69, 9.17) is 0 Å². The zero-order valence-corrected chi connectivity index (χ0v) is 14.5. The predicted octanol–water partition coefficient (Wildman–Crippen LogP) is 4.08. The molecule has 1 aromatic rings. The molecular formula is C16H23Cl2F3N2. The summed E-state index contributed by atoms with van der Waals surface area (Å²) >= 11 is 0. The molecule has 1 aromatic carbocycles. The lowest BCUT2D eigenvalue weighted by molar-refractivity contribution is 0.119. The second kappa shape index (κ2) is 9.11. The van der Waals surface area contributed by atoms with Crippen LogP contribution in [0.15, 0.2) is 12.1 Å². The number of nitrogens with zero attached hydrogens (tertiary/aromatic N) is 1. The van der Waals surface area contributed by atoms with Crippen LogP contribution in [0.3, 0.4) is 0 Å². The summed E-state index contributed by atoms with van der Waals surface area (Å²) in [4.78, 5) is 2.16. The van der Waals surface area contributed by atoms with E-state index in [1.807, 2.05) is 0 Å². The van der Waals surface area contributed by atoms with Crippen molar-refractivity contribution in [2.45, 2.75) is 31.7 Å². The first-order valence-corrected chi connectivity index (χ1v) is 7.76. The van der Waals surface area contributed by atoms with Gasteiger partial charge < -0.3 is 5.32 Å². The minimum Gasteiger partial charge on any atom is -0.314 e. The summed E-state index contributed by atoms with van der Waals surface area (Å²) in [6.45, 7) is 3.20. The molecule has 1 saturated carbocycles. The molecular weight excluding hydrogens is 348 g/mol. The molecule has 0 spiro atoms. The highest BCUT2D eigenvalue weighted by Gasteiger charge is 2.35. The van der Waals surface area contributed by atoms with Crippen molar-refractivity contribution in [2.24, 2.45) is 5.92 Å². The Labute approximate surface area is 147 Å². The van der Waals surface area contributed by atoms with Crippen molar-refractivity contribution in [3.63, 3.8) is 0 Å². The molecule has 1 N–H and O–H groups in total. The van der Waals surface area contributed by atoms with E-state index in [2.05, 4.69) is 10.2 Å². The zero-order valence-electron chi connectivity index (χ0n) is 12.9. The number of hydrogen-bond acceptors (Lipinski definition) is 2. The van der Waals surface area contributed by atoms with E-state index in [0.29, 0.717) is 0 Å². The van der Waals surface area contributed by atoms with Crippen LogP contribution < -0.4 is 5.32 Å². The molecule has 2 nitrogen and oxygen atoms in total. The molecule has 2 aliphatic rings. The van der Waals surface area contributed by atoms with Crippen LogP contribution in [0, 0.1) is 23.4 Å². The maximum Gasteiger partial charge on any atom is 0.133 e. The molecule has 1 atom stereocenters. The number of piperazine rings is 1. The van der Waals surface area contributed by atoms with Crippen molar-refractivity contribution in [3.8, 4) is 0 Å². The zero-order chi connectivity index (χ0) is 14.8. The van der Waals surface area contributed by atoms with Gasteiger partial charge in [0.2, 0.25) is 0 Å². The lowest BCUT2D eigenvalue weighted by atomic mass is 9.89. The third-order valence-electron chi connectivity index (χ3n) is 4.73. The third-order valence-corrected chi connectivity index (χ3v) is 4.73. The van der Waals surface area contributed by atoms with Crippen LogP contribution in [-0.2, 0) is 0 Å². The third kappa shape index (κ3) is 4.53. The van der Waals surface area contributed by atoms with E-state index in [0.717, 1.165) is 64.0 Å². The van der Waals surface area contributed by atoms with Crippen molar-refractivity contribution in [2.75, 3.05) is 26.2 Å². The quantitative estimate of drug-likeness (QED) is 0.861. The van der Waals surface area contributed by atoms with Gasteiger partial charge in [-0.1, -0.05) is 12.8 Å². The number of benzene rings is 1. The number of rotatable bonds is 3. The summed E-state index contributed by atoms with van der Waals surface area (Å²) in [6, 6.07) is 1.35. The molecule has 3 rings (SSSR count). The largest absolute Gasteiger partial charge is 0.314 e. The standard InChI is InChI=1S/C16H21F3N2.2ClH/c17-12-9-13(18)15(14(19)10-12)16(11-3-1-2-4-11)21-7-5-20-6-8-21;;/h9-11,16,20H,1-8H2;2*1H/t16-;;/m0../s1. The van der Waals surface area contributed by atoms with Gasteiger partial charge in [0.05, 0.1) is 0 Å². The van der Waals surface area contributed by atoms with Gasteiger partial charge in [-0.05, 0) is 18.8 Å². The Morgan fingerprint density at radius 1 is 0.957 bits per heavy atom. The Balaban J connectivity index is 0.00000132. The van der Waals surface area contributed by atoms with Crippen molar-refractivity contribution in [3.05, 3.63) is 35.1 Å². The van der Waals surface area contributed by atoms with Gasteiger partial charge in [0, 0.05) is 49.9 Å². The highest BCUT2D eigenvalue weighted by atomic mass is 35.5. The summed E-state index contributed by atoms with van der Waals surface area (Å²) in [5.74, 6) is -2.08. The van der Waals surface area contributed by atoms with Crippen LogP contribution in [0.5, 0.6) is 0 Å². The molecule has 0 bridgehead atoms. The van der Waals surface area contributed by atoms with Gasteiger partial charge in [0.15, 0.2) is 0 Å². The monoisotopic (exact) mass is 370 g/mol. The normalized spacial score (nSPS) is 20.7. The number of hydrogen-bond donors (Lipinski definition) is 1. The predicted molar refractivity (Wildman–Crippen MR) is 90.0 cm³/mol. The Bertz CT molecular complexity index is 481. The molecule has 1 saturated heterocycles. The second-order valence-corrected chi connectivity index (χ2v) is 6.06. The van der Waals surface area contributed by atoms with Crippen molar-refractivity contribution in [1.29, 1.82) is 0 Å². The van der Waals surface area contributed by atoms with Crippen LogP contribution in [-0.4, -0.2) is 31.1 Å². The van der Waals surface area contributed by atoms with Gasteiger partial charge in [-0.25, -0.2) is 13.2 Å². The molecule has 7 heteroatoms. The van der Waals surface area contributed by atoms with Crippen LogP contribution in [0.2, 0.25) is 0 Å². The van der Waals surface area contributed by atoms with Gasteiger partial charge in [-0.3, -0.25) is 4.90 Å². The topological polar surface area (TPSA) is 15.3 Å². The maximum absolute atomic E-state index is 14.2. The fourth-order valence-electron chi connectivity index (χ4n) is 3.79. The van der Waals surface area contributed by atoms with Crippen LogP contribution in [0.25, 0.3) is 0 Å². The number of halogens is 5. The molecule has 23 heavy (non-hydrogen) atoms. The lowest BCUT2D eigenvalue weighted by Gasteiger charge is -2.38. The fourth-order valence-corrected chi connectivity index (χ4v) is 3.79. The van der Waals surface area contributed by atoms with Crippen LogP contribution in [0.1, 0.15) is 37.3 Å². The van der Waals surface area contributed by atoms with Gasteiger partial charge >= 0.3 is 0 Å². The summed E-state index contributed by atoms with van der Waals surface area (Å²) < 4.78 is 41.7. The lowest BCUT2D eigenvalue weighted by Crippen LogP contribution is -2.47. The molecule has 0 radical (unpaired) electrons. The van der Waals surface area contributed by atoms with Crippen molar-refractivity contribution in [1.82, 2.24) is 10.2 Å². The van der Waals surface area contributed by atoms with Gasteiger partial charge in [0.1, 0.15) is 17.5 Å².